The molecule has 0 amide bonds. The molecule has 6 nitrogen and oxygen atoms in total. The second kappa shape index (κ2) is 12.4. The van der Waals surface area contributed by atoms with Crippen LogP contribution in [0.4, 0.5) is 0 Å². The van der Waals surface area contributed by atoms with Crippen molar-refractivity contribution >= 4 is 21.6 Å². The molecule has 2 aromatic rings. The van der Waals surface area contributed by atoms with Crippen molar-refractivity contribution in [3.8, 4) is 11.5 Å². The highest BCUT2D eigenvalue weighted by molar-refractivity contribution is 7.89. The molecule has 0 heterocycles. The summed E-state index contributed by atoms with van der Waals surface area (Å²) in [6, 6.07) is 12.2. The Morgan fingerprint density at radius 2 is 1.59 bits per heavy atom. The van der Waals surface area contributed by atoms with Crippen LogP contribution in [0.1, 0.15) is 39.2 Å². The predicted octanol–water partition coefficient (Wildman–Crippen LogP) is 5.06. The van der Waals surface area contributed by atoms with E-state index in [2.05, 4.69) is 25.7 Å². The number of nitrogens with zero attached hydrogens (tertiary/aromatic N) is 2. The average molecular weight is 483 g/mol. The van der Waals surface area contributed by atoms with Gasteiger partial charge >= 0.3 is 0 Å². The average Bonchev–Trinajstić information content (AvgIpc) is 2.79. The normalized spacial score (nSPS) is 12.9. The second-order valence-corrected chi connectivity index (χ2v) is 10.1. The van der Waals surface area contributed by atoms with Crippen molar-refractivity contribution in [1.82, 2.24) is 9.21 Å². The third-order valence-corrected chi connectivity index (χ3v) is 7.83. The first-order chi connectivity index (χ1) is 15.3. The van der Waals surface area contributed by atoms with Crippen LogP contribution in [0.5, 0.6) is 11.5 Å². The zero-order valence-corrected chi connectivity index (χ0v) is 21.2. The standard InChI is InChI=1S/C24H35ClN2O4S/c1-6-26(7-2)19(3)9-8-16-27(32(28,29)22-13-11-21(25)12-14-22)18-20-10-15-23(30-4)24(17-20)31-5/h10-15,17,19H,6-9,16,18H2,1-5H3. The Balaban J connectivity index is 2.27. The first-order valence-electron chi connectivity index (χ1n) is 11.0. The van der Waals surface area contributed by atoms with Crippen LogP contribution in [0.15, 0.2) is 47.4 Å². The summed E-state index contributed by atoms with van der Waals surface area (Å²) in [6.45, 7) is 9.12. The molecule has 0 aliphatic heterocycles. The molecule has 2 rings (SSSR count). The molecule has 178 valence electrons. The Bertz CT molecular complexity index is 947. The highest BCUT2D eigenvalue weighted by Gasteiger charge is 2.25. The predicted molar refractivity (Wildman–Crippen MR) is 130 cm³/mol. The Kier molecular flexibility index (Phi) is 10.3. The molecule has 1 unspecified atom stereocenters. The third kappa shape index (κ3) is 6.85. The van der Waals surface area contributed by atoms with Crippen LogP contribution < -0.4 is 9.47 Å². The first kappa shape index (κ1) is 26.5. The minimum atomic E-state index is -3.69. The number of rotatable bonds is 13. The van der Waals surface area contributed by atoms with Gasteiger partial charge in [0.2, 0.25) is 10.0 Å². The molecule has 0 spiro atoms. The zero-order valence-electron chi connectivity index (χ0n) is 19.7. The zero-order chi connectivity index (χ0) is 23.7. The molecule has 0 aliphatic carbocycles. The van der Waals surface area contributed by atoms with Gasteiger partial charge in [0, 0.05) is 24.2 Å². The van der Waals surface area contributed by atoms with E-state index in [0.29, 0.717) is 29.1 Å². The van der Waals surface area contributed by atoms with Crippen LogP contribution in [0.25, 0.3) is 0 Å². The Hall–Kier alpha value is -1.80. The quantitative estimate of drug-likeness (QED) is 0.399. The molecule has 0 aliphatic rings. The van der Waals surface area contributed by atoms with Gasteiger partial charge in [-0.2, -0.15) is 4.31 Å². The lowest BCUT2D eigenvalue weighted by Gasteiger charge is -2.28. The van der Waals surface area contributed by atoms with Crippen LogP contribution in [0, 0.1) is 0 Å². The van der Waals surface area contributed by atoms with Crippen molar-refractivity contribution in [3.05, 3.63) is 53.1 Å². The summed E-state index contributed by atoms with van der Waals surface area (Å²) in [6.07, 6.45) is 1.68. The van der Waals surface area contributed by atoms with Crippen LogP contribution in [0.2, 0.25) is 5.02 Å². The maximum atomic E-state index is 13.5. The summed E-state index contributed by atoms with van der Waals surface area (Å²) >= 11 is 5.97. The van der Waals surface area contributed by atoms with Gasteiger partial charge in [0.05, 0.1) is 19.1 Å². The third-order valence-electron chi connectivity index (χ3n) is 5.72. The van der Waals surface area contributed by atoms with Crippen molar-refractivity contribution in [3.63, 3.8) is 0 Å². The van der Waals surface area contributed by atoms with Gasteiger partial charge in [0.15, 0.2) is 11.5 Å². The number of benzene rings is 2. The Morgan fingerprint density at radius 3 is 2.16 bits per heavy atom. The minimum Gasteiger partial charge on any atom is -0.493 e. The Labute approximate surface area is 198 Å². The highest BCUT2D eigenvalue weighted by Crippen LogP contribution is 2.29. The summed E-state index contributed by atoms with van der Waals surface area (Å²) in [4.78, 5) is 2.62. The van der Waals surface area contributed by atoms with Gasteiger partial charge in [-0.15, -0.1) is 0 Å². The van der Waals surface area contributed by atoms with Crippen LogP contribution in [-0.2, 0) is 16.6 Å². The molecule has 0 fully saturated rings. The molecule has 2 aromatic carbocycles. The van der Waals surface area contributed by atoms with Crippen LogP contribution in [0.3, 0.4) is 0 Å². The van der Waals surface area contributed by atoms with E-state index in [9.17, 15) is 8.42 Å². The van der Waals surface area contributed by atoms with Crippen LogP contribution >= 0.6 is 11.6 Å². The molecular weight excluding hydrogens is 448 g/mol. The number of ether oxygens (including phenoxy) is 2. The molecule has 0 radical (unpaired) electrons. The lowest BCUT2D eigenvalue weighted by atomic mass is 10.1. The lowest BCUT2D eigenvalue weighted by Crippen LogP contribution is -2.35. The van der Waals surface area contributed by atoms with Gasteiger partial charge in [-0.1, -0.05) is 31.5 Å². The van der Waals surface area contributed by atoms with Gasteiger partial charge in [-0.3, -0.25) is 0 Å². The van der Waals surface area contributed by atoms with Gasteiger partial charge in [-0.05, 0) is 74.8 Å². The number of sulfonamides is 1. The summed E-state index contributed by atoms with van der Waals surface area (Å²) < 4.78 is 39.2. The summed E-state index contributed by atoms with van der Waals surface area (Å²) in [5.74, 6) is 1.18. The molecule has 0 saturated carbocycles. The van der Waals surface area contributed by atoms with Crippen LogP contribution in [-0.4, -0.2) is 57.5 Å². The fraction of sp³-hybridized carbons (Fsp3) is 0.500. The molecule has 1 atom stereocenters. The van der Waals surface area contributed by atoms with Gasteiger partial charge < -0.3 is 14.4 Å². The van der Waals surface area contributed by atoms with E-state index >= 15 is 0 Å². The van der Waals surface area contributed by atoms with Crippen molar-refractivity contribution in [2.75, 3.05) is 33.9 Å². The molecule has 0 bridgehead atoms. The molecule has 0 saturated heterocycles. The summed E-state index contributed by atoms with van der Waals surface area (Å²) in [7, 11) is -0.548. The highest BCUT2D eigenvalue weighted by atomic mass is 35.5. The number of hydrogen-bond acceptors (Lipinski definition) is 5. The SMILES string of the molecule is CCN(CC)C(C)CCCN(Cc1ccc(OC)c(OC)c1)S(=O)(=O)c1ccc(Cl)cc1. The van der Waals surface area contributed by atoms with E-state index in [4.69, 9.17) is 21.1 Å². The number of methoxy groups -OCH3 is 2. The fourth-order valence-electron chi connectivity index (χ4n) is 3.82. The van der Waals surface area contributed by atoms with Crippen molar-refractivity contribution in [2.45, 2.75) is 51.1 Å². The lowest BCUT2D eigenvalue weighted by molar-refractivity contribution is 0.214. The largest absolute Gasteiger partial charge is 0.493 e. The van der Waals surface area contributed by atoms with E-state index < -0.39 is 10.0 Å². The van der Waals surface area contributed by atoms with Crippen molar-refractivity contribution < 1.29 is 17.9 Å². The van der Waals surface area contributed by atoms with Crippen molar-refractivity contribution in [2.24, 2.45) is 0 Å². The molecule has 32 heavy (non-hydrogen) atoms. The Morgan fingerprint density at radius 1 is 0.969 bits per heavy atom. The molecule has 0 N–H and O–H groups in total. The van der Waals surface area contributed by atoms with E-state index in [1.165, 1.54) is 4.31 Å². The molecule has 0 aromatic heterocycles. The van der Waals surface area contributed by atoms with Gasteiger partial charge in [0.1, 0.15) is 0 Å². The summed E-state index contributed by atoms with van der Waals surface area (Å²) in [5, 5.41) is 0.503. The monoisotopic (exact) mass is 482 g/mol. The number of hydrogen-bond donors (Lipinski definition) is 0. The number of halogens is 1. The fourth-order valence-corrected chi connectivity index (χ4v) is 5.41. The smallest absolute Gasteiger partial charge is 0.243 e. The van der Waals surface area contributed by atoms with Gasteiger partial charge in [0.25, 0.3) is 0 Å². The topological polar surface area (TPSA) is 59.1 Å². The maximum Gasteiger partial charge on any atom is 0.243 e. The van der Waals surface area contributed by atoms with E-state index in [1.54, 1.807) is 44.6 Å². The maximum absolute atomic E-state index is 13.5. The molecule has 8 heteroatoms. The second-order valence-electron chi connectivity index (χ2n) is 7.69. The minimum absolute atomic E-state index is 0.235. The van der Waals surface area contributed by atoms with E-state index in [0.717, 1.165) is 31.5 Å². The first-order valence-corrected chi connectivity index (χ1v) is 12.8. The summed E-state index contributed by atoms with van der Waals surface area (Å²) in [5.41, 5.74) is 0.831. The van der Waals surface area contributed by atoms with E-state index in [-0.39, 0.29) is 11.4 Å². The van der Waals surface area contributed by atoms with Gasteiger partial charge in [-0.25, -0.2) is 8.42 Å². The van der Waals surface area contributed by atoms with Crippen molar-refractivity contribution in [1.29, 1.82) is 0 Å². The van der Waals surface area contributed by atoms with E-state index in [1.807, 2.05) is 12.1 Å². The molecular formula is C24H35ClN2O4S.